The van der Waals surface area contributed by atoms with E-state index in [1.807, 2.05) is 13.0 Å². The number of ether oxygens (including phenoxy) is 1. The Kier molecular flexibility index (Phi) is 5.08. The van der Waals surface area contributed by atoms with Crippen LogP contribution in [0.1, 0.15) is 21.5 Å². The molecule has 0 radical (unpaired) electrons. The Morgan fingerprint density at radius 2 is 2.09 bits per heavy atom. The summed E-state index contributed by atoms with van der Waals surface area (Å²) in [6.45, 7) is 2.05. The third-order valence-electron chi connectivity index (χ3n) is 2.87. The number of aryl methyl sites for hydroxylation is 1. The van der Waals surface area contributed by atoms with Gasteiger partial charge in [-0.25, -0.2) is 0 Å². The Morgan fingerprint density at radius 3 is 2.82 bits per heavy atom. The van der Waals surface area contributed by atoms with Crippen molar-refractivity contribution in [3.05, 3.63) is 59.4 Å². The number of carbonyl (C=O) groups excluding carboxylic acids is 2. The van der Waals surface area contributed by atoms with Gasteiger partial charge in [-0.3, -0.25) is 14.6 Å². The van der Waals surface area contributed by atoms with Gasteiger partial charge in [-0.05, 0) is 36.2 Å². The zero-order valence-corrected chi connectivity index (χ0v) is 12.2. The lowest BCUT2D eigenvalue weighted by Gasteiger charge is -2.08. The van der Waals surface area contributed by atoms with Gasteiger partial charge in [-0.1, -0.05) is 12.1 Å². The molecule has 0 aliphatic rings. The molecule has 22 heavy (non-hydrogen) atoms. The summed E-state index contributed by atoms with van der Waals surface area (Å²) in [5, 5.41) is 2.81. The number of benzene rings is 1. The van der Waals surface area contributed by atoms with Crippen LogP contribution in [-0.4, -0.2) is 23.4 Å². The first-order valence-corrected chi connectivity index (χ1v) is 6.74. The standard InChI is InChI=1S/C16H17N3O3/c1-11-5-13(9-18-7-11)16(21)19-8-12-3-2-4-14(6-12)22-10-15(17)20/h2-7,9H,8,10H2,1H3,(H2,17,20)(H,19,21). The van der Waals surface area contributed by atoms with E-state index in [0.717, 1.165) is 11.1 Å². The number of nitrogens with two attached hydrogens (primary N) is 1. The fraction of sp³-hybridized carbons (Fsp3) is 0.188. The van der Waals surface area contributed by atoms with E-state index in [0.29, 0.717) is 17.9 Å². The number of hydrogen-bond donors (Lipinski definition) is 2. The van der Waals surface area contributed by atoms with Crippen LogP contribution in [0.2, 0.25) is 0 Å². The van der Waals surface area contributed by atoms with Gasteiger partial charge in [0.15, 0.2) is 6.61 Å². The van der Waals surface area contributed by atoms with Gasteiger partial charge < -0.3 is 15.8 Å². The lowest BCUT2D eigenvalue weighted by Crippen LogP contribution is -2.23. The molecule has 1 aromatic carbocycles. The Bertz CT molecular complexity index is 686. The molecule has 1 heterocycles. The molecule has 0 aliphatic carbocycles. The van der Waals surface area contributed by atoms with Crippen molar-refractivity contribution in [1.82, 2.24) is 10.3 Å². The van der Waals surface area contributed by atoms with Crippen LogP contribution >= 0.6 is 0 Å². The van der Waals surface area contributed by atoms with Crippen molar-refractivity contribution < 1.29 is 14.3 Å². The van der Waals surface area contributed by atoms with Crippen LogP contribution in [0, 0.1) is 6.92 Å². The average Bonchev–Trinajstić information content (AvgIpc) is 2.51. The number of primary amides is 1. The molecule has 2 aromatic rings. The van der Waals surface area contributed by atoms with E-state index in [9.17, 15) is 9.59 Å². The molecule has 6 heteroatoms. The minimum atomic E-state index is -0.536. The minimum Gasteiger partial charge on any atom is -0.484 e. The van der Waals surface area contributed by atoms with Gasteiger partial charge in [0, 0.05) is 18.9 Å². The molecule has 0 spiro atoms. The van der Waals surface area contributed by atoms with Gasteiger partial charge in [0.1, 0.15) is 5.75 Å². The topological polar surface area (TPSA) is 94.3 Å². The number of hydrogen-bond acceptors (Lipinski definition) is 4. The van der Waals surface area contributed by atoms with E-state index in [2.05, 4.69) is 10.3 Å². The molecule has 2 rings (SSSR count). The molecule has 114 valence electrons. The number of pyridine rings is 1. The molecule has 1 aromatic heterocycles. The zero-order valence-electron chi connectivity index (χ0n) is 12.2. The zero-order chi connectivity index (χ0) is 15.9. The van der Waals surface area contributed by atoms with Crippen LogP contribution < -0.4 is 15.8 Å². The number of amides is 2. The first-order chi connectivity index (χ1) is 10.5. The fourth-order valence-corrected chi connectivity index (χ4v) is 1.86. The van der Waals surface area contributed by atoms with E-state index in [4.69, 9.17) is 10.5 Å². The summed E-state index contributed by atoms with van der Waals surface area (Å²) in [7, 11) is 0. The quantitative estimate of drug-likeness (QED) is 0.837. The highest BCUT2D eigenvalue weighted by Gasteiger charge is 2.06. The SMILES string of the molecule is Cc1cncc(C(=O)NCc2cccc(OCC(N)=O)c2)c1. The van der Waals surface area contributed by atoms with Gasteiger partial charge in [0.25, 0.3) is 11.8 Å². The summed E-state index contributed by atoms with van der Waals surface area (Å²) in [4.78, 5) is 26.7. The Hall–Kier alpha value is -2.89. The van der Waals surface area contributed by atoms with E-state index < -0.39 is 5.91 Å². The fourth-order valence-electron chi connectivity index (χ4n) is 1.86. The summed E-state index contributed by atoms with van der Waals surface area (Å²) < 4.78 is 5.22. The third-order valence-corrected chi connectivity index (χ3v) is 2.87. The van der Waals surface area contributed by atoms with E-state index in [-0.39, 0.29) is 12.5 Å². The van der Waals surface area contributed by atoms with Gasteiger partial charge >= 0.3 is 0 Å². The van der Waals surface area contributed by atoms with Crippen molar-refractivity contribution >= 4 is 11.8 Å². The maximum Gasteiger partial charge on any atom is 0.255 e. The summed E-state index contributed by atoms with van der Waals surface area (Å²) in [5.74, 6) is -0.201. The van der Waals surface area contributed by atoms with Crippen molar-refractivity contribution in [2.24, 2.45) is 5.73 Å². The predicted molar refractivity (Wildman–Crippen MR) is 81.3 cm³/mol. The average molecular weight is 299 g/mol. The summed E-state index contributed by atoms with van der Waals surface area (Å²) in [5.41, 5.74) is 7.32. The van der Waals surface area contributed by atoms with E-state index in [1.165, 1.54) is 6.20 Å². The highest BCUT2D eigenvalue weighted by Crippen LogP contribution is 2.13. The molecule has 0 unspecified atom stereocenters. The summed E-state index contributed by atoms with van der Waals surface area (Å²) in [6.07, 6.45) is 3.21. The molecule has 0 aliphatic heterocycles. The van der Waals surface area contributed by atoms with Crippen LogP contribution in [0.3, 0.4) is 0 Å². The van der Waals surface area contributed by atoms with Crippen LogP contribution in [0.4, 0.5) is 0 Å². The molecule has 3 N–H and O–H groups in total. The number of aromatic nitrogens is 1. The highest BCUT2D eigenvalue weighted by molar-refractivity contribution is 5.93. The monoisotopic (exact) mass is 299 g/mol. The molecule has 0 saturated carbocycles. The second-order valence-corrected chi connectivity index (χ2v) is 4.84. The maximum absolute atomic E-state index is 12.0. The van der Waals surface area contributed by atoms with Crippen LogP contribution in [0.15, 0.2) is 42.7 Å². The third kappa shape index (κ3) is 4.59. The number of nitrogens with one attached hydrogen (secondary N) is 1. The number of nitrogens with zero attached hydrogens (tertiary/aromatic N) is 1. The number of rotatable bonds is 6. The highest BCUT2D eigenvalue weighted by atomic mass is 16.5. The Morgan fingerprint density at radius 1 is 1.27 bits per heavy atom. The smallest absolute Gasteiger partial charge is 0.255 e. The van der Waals surface area contributed by atoms with Crippen molar-refractivity contribution in [3.63, 3.8) is 0 Å². The van der Waals surface area contributed by atoms with Crippen LogP contribution in [0.5, 0.6) is 5.75 Å². The molecular formula is C16H17N3O3. The van der Waals surface area contributed by atoms with Crippen molar-refractivity contribution in [3.8, 4) is 5.75 Å². The Labute approximate surface area is 128 Å². The van der Waals surface area contributed by atoms with Gasteiger partial charge in [0.05, 0.1) is 5.56 Å². The molecule has 0 saturated heterocycles. The second kappa shape index (κ2) is 7.21. The van der Waals surface area contributed by atoms with Crippen molar-refractivity contribution in [1.29, 1.82) is 0 Å². The van der Waals surface area contributed by atoms with Crippen molar-refractivity contribution in [2.45, 2.75) is 13.5 Å². The molecule has 0 bridgehead atoms. The first kappa shape index (κ1) is 15.5. The molecular weight excluding hydrogens is 282 g/mol. The lowest BCUT2D eigenvalue weighted by atomic mass is 10.2. The van der Waals surface area contributed by atoms with Crippen LogP contribution in [0.25, 0.3) is 0 Å². The molecule has 6 nitrogen and oxygen atoms in total. The number of carbonyl (C=O) groups is 2. The molecule has 2 amide bonds. The maximum atomic E-state index is 12.0. The minimum absolute atomic E-state index is 0.176. The largest absolute Gasteiger partial charge is 0.484 e. The van der Waals surface area contributed by atoms with Gasteiger partial charge in [0.2, 0.25) is 0 Å². The van der Waals surface area contributed by atoms with E-state index >= 15 is 0 Å². The summed E-state index contributed by atoms with van der Waals surface area (Å²) >= 11 is 0. The summed E-state index contributed by atoms with van der Waals surface area (Å²) in [6, 6.07) is 8.88. The van der Waals surface area contributed by atoms with E-state index in [1.54, 1.807) is 30.5 Å². The molecule has 0 atom stereocenters. The van der Waals surface area contributed by atoms with Gasteiger partial charge in [-0.2, -0.15) is 0 Å². The predicted octanol–water partition coefficient (Wildman–Crippen LogP) is 1.18. The first-order valence-electron chi connectivity index (χ1n) is 6.74. The second-order valence-electron chi connectivity index (χ2n) is 4.84. The van der Waals surface area contributed by atoms with Crippen molar-refractivity contribution in [2.75, 3.05) is 6.61 Å². The lowest BCUT2D eigenvalue weighted by molar-refractivity contribution is -0.119. The normalized spacial score (nSPS) is 10.0. The Balaban J connectivity index is 1.95. The van der Waals surface area contributed by atoms with Crippen LogP contribution in [-0.2, 0) is 11.3 Å². The molecule has 0 fully saturated rings. The van der Waals surface area contributed by atoms with Gasteiger partial charge in [-0.15, -0.1) is 0 Å².